The van der Waals surface area contributed by atoms with Gasteiger partial charge in [-0.25, -0.2) is 0 Å². The lowest BCUT2D eigenvalue weighted by atomic mass is 10.1. The molecule has 2 aromatic rings. The Balaban J connectivity index is 1.76. The molecule has 6 heteroatoms. The number of hydrogen-bond donors (Lipinski definition) is 1. The molecule has 2 atom stereocenters. The number of aromatic nitrogens is 2. The van der Waals surface area contributed by atoms with Crippen molar-refractivity contribution in [3.05, 3.63) is 47.6 Å². The van der Waals surface area contributed by atoms with E-state index in [1.807, 2.05) is 37.4 Å². The maximum Gasteiger partial charge on any atom is 0.248 e. The van der Waals surface area contributed by atoms with Crippen LogP contribution in [0.15, 0.2) is 34.9 Å². The first-order chi connectivity index (χ1) is 9.74. The topological polar surface area (TPSA) is 77.4 Å². The van der Waals surface area contributed by atoms with E-state index in [0.717, 1.165) is 18.7 Å². The smallest absolute Gasteiger partial charge is 0.248 e. The van der Waals surface area contributed by atoms with Gasteiger partial charge in [-0.2, -0.15) is 4.98 Å². The van der Waals surface area contributed by atoms with Crippen LogP contribution in [0.5, 0.6) is 0 Å². The summed E-state index contributed by atoms with van der Waals surface area (Å²) in [6.07, 6.45) is -0.144. The van der Waals surface area contributed by atoms with Crippen LogP contribution in [0.2, 0.25) is 0 Å². The third-order valence-corrected chi connectivity index (χ3v) is 3.44. The molecular weight excluding hydrogens is 256 g/mol. The summed E-state index contributed by atoms with van der Waals surface area (Å²) in [6, 6.07) is 9.30. The highest BCUT2D eigenvalue weighted by Gasteiger charge is 2.26. The van der Waals surface area contributed by atoms with E-state index < -0.39 is 6.04 Å². The van der Waals surface area contributed by atoms with Gasteiger partial charge in [0.2, 0.25) is 11.7 Å². The van der Waals surface area contributed by atoms with Crippen LogP contribution in [0.4, 0.5) is 0 Å². The zero-order valence-corrected chi connectivity index (χ0v) is 11.4. The molecule has 0 radical (unpaired) electrons. The first-order valence-electron chi connectivity index (χ1n) is 6.68. The van der Waals surface area contributed by atoms with Crippen molar-refractivity contribution in [1.82, 2.24) is 15.0 Å². The molecule has 1 aromatic heterocycles. The lowest BCUT2D eigenvalue weighted by Gasteiger charge is -2.27. The summed E-state index contributed by atoms with van der Waals surface area (Å²) in [4.78, 5) is 6.57. The fourth-order valence-corrected chi connectivity index (χ4v) is 2.24. The molecule has 0 amide bonds. The van der Waals surface area contributed by atoms with Crippen molar-refractivity contribution in [2.45, 2.75) is 12.1 Å². The molecule has 3 rings (SSSR count). The Bertz CT molecular complexity index is 557. The van der Waals surface area contributed by atoms with Gasteiger partial charge in [0, 0.05) is 13.1 Å². The first kappa shape index (κ1) is 13.2. The molecule has 0 saturated carbocycles. The molecule has 1 aromatic carbocycles. The number of likely N-dealkylation sites (N-methyl/N-ethyl adjacent to an activating group) is 1. The normalized spacial score (nSPS) is 21.8. The fourth-order valence-electron chi connectivity index (χ4n) is 2.24. The van der Waals surface area contributed by atoms with Crippen LogP contribution in [0.3, 0.4) is 0 Å². The van der Waals surface area contributed by atoms with Crippen molar-refractivity contribution in [3.63, 3.8) is 0 Å². The largest absolute Gasteiger partial charge is 0.367 e. The van der Waals surface area contributed by atoms with Crippen molar-refractivity contribution in [1.29, 1.82) is 0 Å². The molecule has 0 spiro atoms. The molecule has 0 aliphatic carbocycles. The predicted molar refractivity (Wildman–Crippen MR) is 73.0 cm³/mol. The molecule has 20 heavy (non-hydrogen) atoms. The quantitative estimate of drug-likeness (QED) is 0.903. The highest BCUT2D eigenvalue weighted by atomic mass is 16.5. The summed E-state index contributed by atoms with van der Waals surface area (Å²) in [7, 11) is 2.05. The number of ether oxygens (including phenoxy) is 1. The van der Waals surface area contributed by atoms with Crippen molar-refractivity contribution in [2.75, 3.05) is 26.7 Å². The third-order valence-electron chi connectivity index (χ3n) is 3.44. The van der Waals surface area contributed by atoms with Crippen LogP contribution < -0.4 is 5.73 Å². The Kier molecular flexibility index (Phi) is 3.77. The molecule has 0 bridgehead atoms. The Hall–Kier alpha value is -1.76. The van der Waals surface area contributed by atoms with E-state index in [2.05, 4.69) is 15.0 Å². The minimum Gasteiger partial charge on any atom is -0.367 e. The summed E-state index contributed by atoms with van der Waals surface area (Å²) >= 11 is 0. The molecule has 6 nitrogen and oxygen atoms in total. The fraction of sp³-hybridized carbons (Fsp3) is 0.429. The molecule has 1 saturated heterocycles. The van der Waals surface area contributed by atoms with Gasteiger partial charge in [-0.1, -0.05) is 35.5 Å². The average molecular weight is 274 g/mol. The molecule has 2 heterocycles. The van der Waals surface area contributed by atoms with Gasteiger partial charge in [0.25, 0.3) is 0 Å². The highest BCUT2D eigenvalue weighted by Crippen LogP contribution is 2.22. The van der Waals surface area contributed by atoms with Gasteiger partial charge in [0.1, 0.15) is 12.1 Å². The van der Waals surface area contributed by atoms with E-state index in [0.29, 0.717) is 18.3 Å². The van der Waals surface area contributed by atoms with E-state index in [-0.39, 0.29) is 6.10 Å². The third kappa shape index (κ3) is 2.72. The van der Waals surface area contributed by atoms with Crippen molar-refractivity contribution >= 4 is 0 Å². The van der Waals surface area contributed by atoms with Gasteiger partial charge in [-0.15, -0.1) is 0 Å². The minimum absolute atomic E-state index is 0.144. The molecular formula is C14H18N4O2. The van der Waals surface area contributed by atoms with Gasteiger partial charge in [-0.05, 0) is 12.6 Å². The lowest BCUT2D eigenvalue weighted by Crippen LogP contribution is -2.35. The van der Waals surface area contributed by atoms with Crippen LogP contribution in [0.1, 0.15) is 29.4 Å². The number of morpholine rings is 1. The van der Waals surface area contributed by atoms with Crippen LogP contribution >= 0.6 is 0 Å². The highest BCUT2D eigenvalue weighted by molar-refractivity contribution is 5.23. The maximum absolute atomic E-state index is 6.14. The Labute approximate surface area is 117 Å². The van der Waals surface area contributed by atoms with Crippen molar-refractivity contribution in [3.8, 4) is 0 Å². The van der Waals surface area contributed by atoms with E-state index in [1.165, 1.54) is 0 Å². The van der Waals surface area contributed by atoms with Gasteiger partial charge in [0.15, 0.2) is 0 Å². The number of benzene rings is 1. The van der Waals surface area contributed by atoms with Crippen LogP contribution in [-0.4, -0.2) is 41.8 Å². The number of rotatable bonds is 3. The van der Waals surface area contributed by atoms with E-state index in [4.69, 9.17) is 15.0 Å². The van der Waals surface area contributed by atoms with Gasteiger partial charge >= 0.3 is 0 Å². The number of hydrogen-bond acceptors (Lipinski definition) is 6. The van der Waals surface area contributed by atoms with E-state index >= 15 is 0 Å². The van der Waals surface area contributed by atoms with Crippen LogP contribution in [-0.2, 0) is 4.74 Å². The van der Waals surface area contributed by atoms with Crippen LogP contribution in [0.25, 0.3) is 0 Å². The van der Waals surface area contributed by atoms with Gasteiger partial charge in [0.05, 0.1) is 6.61 Å². The van der Waals surface area contributed by atoms with Gasteiger partial charge in [-0.3, -0.25) is 0 Å². The van der Waals surface area contributed by atoms with E-state index in [1.54, 1.807) is 0 Å². The number of nitrogens with zero attached hydrogens (tertiary/aromatic N) is 3. The van der Waals surface area contributed by atoms with Crippen LogP contribution in [0, 0.1) is 0 Å². The molecule has 1 aliphatic heterocycles. The average Bonchev–Trinajstić information content (AvgIpc) is 2.97. The zero-order valence-electron chi connectivity index (χ0n) is 11.4. The summed E-state index contributed by atoms with van der Waals surface area (Å²) in [5.74, 6) is 0.987. The Morgan fingerprint density at radius 2 is 2.15 bits per heavy atom. The molecule has 2 N–H and O–H groups in total. The SMILES string of the molecule is CN1CCOC(c2noc([C@@H](N)c3ccccc3)n2)C1. The number of nitrogens with two attached hydrogens (primary N) is 1. The summed E-state index contributed by atoms with van der Waals surface area (Å²) < 4.78 is 11.0. The Morgan fingerprint density at radius 1 is 1.35 bits per heavy atom. The molecule has 1 unspecified atom stereocenters. The zero-order chi connectivity index (χ0) is 13.9. The second-order valence-corrected chi connectivity index (χ2v) is 5.00. The maximum atomic E-state index is 6.14. The summed E-state index contributed by atoms with van der Waals surface area (Å²) in [6.45, 7) is 2.36. The summed E-state index contributed by atoms with van der Waals surface area (Å²) in [5.41, 5.74) is 7.09. The molecule has 1 fully saturated rings. The monoisotopic (exact) mass is 274 g/mol. The predicted octanol–water partition coefficient (Wildman–Crippen LogP) is 1.12. The second kappa shape index (κ2) is 5.70. The minimum atomic E-state index is -0.404. The van der Waals surface area contributed by atoms with Crippen molar-refractivity contribution in [2.24, 2.45) is 5.73 Å². The van der Waals surface area contributed by atoms with Crippen molar-refractivity contribution < 1.29 is 9.26 Å². The van der Waals surface area contributed by atoms with E-state index in [9.17, 15) is 0 Å². The molecule has 106 valence electrons. The van der Waals surface area contributed by atoms with Gasteiger partial charge < -0.3 is 19.9 Å². The summed E-state index contributed by atoms with van der Waals surface area (Å²) in [5, 5.41) is 4.00. The second-order valence-electron chi connectivity index (χ2n) is 5.00. The first-order valence-corrected chi connectivity index (χ1v) is 6.68. The standard InChI is InChI=1S/C14H18N4O2/c1-18-7-8-19-11(9-18)13-16-14(20-17-13)12(15)10-5-3-2-4-6-10/h2-6,11-12H,7-9,15H2,1H3/t11?,12-/m0/s1. The Morgan fingerprint density at radius 3 is 2.90 bits per heavy atom. The molecule has 1 aliphatic rings. The lowest BCUT2D eigenvalue weighted by molar-refractivity contribution is -0.0264.